The van der Waals surface area contributed by atoms with Crippen molar-refractivity contribution in [2.45, 2.75) is 13.8 Å². The Morgan fingerprint density at radius 3 is 2.68 bits per heavy atom. The van der Waals surface area contributed by atoms with Crippen LogP contribution >= 0.6 is 0 Å². The summed E-state index contributed by atoms with van der Waals surface area (Å²) in [6.45, 7) is 3.94. The predicted octanol–water partition coefficient (Wildman–Crippen LogP) is 0.965. The van der Waals surface area contributed by atoms with E-state index in [4.69, 9.17) is 0 Å². The first kappa shape index (κ1) is 11.6. The molecule has 5 nitrogen and oxygen atoms in total. The van der Waals surface area contributed by atoms with Gasteiger partial charge in [0.1, 0.15) is 0 Å². The van der Waals surface area contributed by atoms with E-state index in [1.165, 1.54) is 0 Å². The Morgan fingerprint density at radius 2 is 1.95 bits per heavy atom. The van der Waals surface area contributed by atoms with Gasteiger partial charge in [-0.05, 0) is 12.6 Å². The minimum atomic E-state index is 0.647. The monoisotopic (exact) mass is 253 g/mol. The summed E-state index contributed by atoms with van der Waals surface area (Å²) in [7, 11) is 1.91. The number of aryl methyl sites for hydroxylation is 3. The molecule has 0 saturated carbocycles. The van der Waals surface area contributed by atoms with E-state index in [-0.39, 0.29) is 0 Å². The van der Waals surface area contributed by atoms with Gasteiger partial charge in [-0.15, -0.1) is 0 Å². The molecule has 0 aliphatic carbocycles. The Labute approximate surface area is 110 Å². The molecule has 96 valence electrons. The van der Waals surface area contributed by atoms with Crippen molar-refractivity contribution >= 4 is 11.3 Å². The SMILES string of the molecule is Cc1cc2n(c(C)n1)c(=Nc1ccccc1)[n-][n+]2C. The van der Waals surface area contributed by atoms with Crippen LogP contribution < -0.4 is 15.4 Å². The summed E-state index contributed by atoms with van der Waals surface area (Å²) < 4.78 is 3.78. The smallest absolute Gasteiger partial charge is 0.298 e. The van der Waals surface area contributed by atoms with Crippen LogP contribution in [0.15, 0.2) is 41.4 Å². The molecule has 0 amide bonds. The fourth-order valence-corrected chi connectivity index (χ4v) is 2.16. The molecule has 5 heteroatoms. The number of hydrogen-bond acceptors (Lipinski definition) is 2. The second-order valence-electron chi connectivity index (χ2n) is 4.51. The lowest BCUT2D eigenvalue weighted by atomic mass is 10.3. The Morgan fingerprint density at radius 1 is 1.21 bits per heavy atom. The normalized spacial score (nSPS) is 12.3. The predicted molar refractivity (Wildman–Crippen MR) is 70.8 cm³/mol. The highest BCUT2D eigenvalue weighted by atomic mass is 15.4. The zero-order valence-electron chi connectivity index (χ0n) is 11.2. The van der Waals surface area contributed by atoms with Crippen LogP contribution in [0.25, 0.3) is 5.65 Å². The summed E-state index contributed by atoms with van der Waals surface area (Å²) in [6, 6.07) is 11.8. The fraction of sp³-hybridized carbons (Fsp3) is 0.214. The van der Waals surface area contributed by atoms with Crippen LogP contribution in [0, 0.1) is 13.8 Å². The molecule has 0 bridgehead atoms. The van der Waals surface area contributed by atoms with E-state index in [0.29, 0.717) is 5.62 Å². The maximum Gasteiger partial charge on any atom is 0.298 e. The number of nitrogens with zero attached hydrogens (tertiary/aromatic N) is 5. The third kappa shape index (κ3) is 2.03. The van der Waals surface area contributed by atoms with Gasteiger partial charge in [-0.1, -0.05) is 30.3 Å². The first-order valence-electron chi connectivity index (χ1n) is 6.15. The van der Waals surface area contributed by atoms with Gasteiger partial charge in [0.15, 0.2) is 5.82 Å². The Kier molecular flexibility index (Phi) is 2.67. The van der Waals surface area contributed by atoms with Gasteiger partial charge in [0.05, 0.1) is 13.1 Å². The van der Waals surface area contributed by atoms with Crippen LogP contribution in [-0.2, 0) is 7.05 Å². The van der Waals surface area contributed by atoms with Crippen LogP contribution in [-0.4, -0.2) is 9.38 Å². The summed E-state index contributed by atoms with van der Waals surface area (Å²) in [5.41, 5.74) is 3.50. The molecule has 2 heterocycles. The van der Waals surface area contributed by atoms with Crippen molar-refractivity contribution < 1.29 is 4.68 Å². The Balaban J connectivity index is 2.34. The van der Waals surface area contributed by atoms with Crippen LogP contribution in [0.5, 0.6) is 0 Å². The molecule has 2 aromatic heterocycles. The van der Waals surface area contributed by atoms with E-state index in [1.54, 1.807) is 0 Å². The first-order chi connectivity index (χ1) is 9.15. The highest BCUT2D eigenvalue weighted by molar-refractivity contribution is 5.37. The van der Waals surface area contributed by atoms with Crippen molar-refractivity contribution in [3.63, 3.8) is 0 Å². The third-order valence-corrected chi connectivity index (χ3v) is 2.99. The zero-order valence-corrected chi connectivity index (χ0v) is 11.2. The van der Waals surface area contributed by atoms with Crippen molar-refractivity contribution in [1.29, 1.82) is 0 Å². The topological polar surface area (TPSA) is 47.6 Å². The molecule has 3 rings (SSSR count). The molecule has 0 atom stereocenters. The fourth-order valence-electron chi connectivity index (χ4n) is 2.16. The lowest BCUT2D eigenvalue weighted by Crippen LogP contribution is -2.35. The van der Waals surface area contributed by atoms with E-state index in [1.807, 2.05) is 66.4 Å². The number of para-hydroxylation sites is 1. The van der Waals surface area contributed by atoms with E-state index in [2.05, 4.69) is 15.1 Å². The summed E-state index contributed by atoms with van der Waals surface area (Å²) >= 11 is 0. The van der Waals surface area contributed by atoms with Crippen molar-refractivity contribution in [1.82, 2.24) is 14.5 Å². The van der Waals surface area contributed by atoms with E-state index >= 15 is 0 Å². The molecular weight excluding hydrogens is 238 g/mol. The quantitative estimate of drug-likeness (QED) is 0.607. The Hall–Kier alpha value is -2.43. The van der Waals surface area contributed by atoms with Crippen LogP contribution in [0.2, 0.25) is 0 Å². The molecule has 0 fully saturated rings. The van der Waals surface area contributed by atoms with Crippen LogP contribution in [0.4, 0.5) is 5.69 Å². The molecular formula is C14H15N5. The number of fused-ring (bicyclic) bond motifs is 1. The average Bonchev–Trinajstić information content (AvgIpc) is 2.67. The molecule has 0 aliphatic rings. The molecule has 1 aromatic carbocycles. The second kappa shape index (κ2) is 4.35. The van der Waals surface area contributed by atoms with E-state index < -0.39 is 0 Å². The number of aromatic nitrogens is 4. The molecule has 3 aromatic rings. The molecule has 0 aliphatic heterocycles. The summed E-state index contributed by atoms with van der Waals surface area (Å²) in [5.74, 6) is 0.887. The van der Waals surface area contributed by atoms with Gasteiger partial charge in [-0.25, -0.2) is 4.98 Å². The zero-order chi connectivity index (χ0) is 13.4. The number of rotatable bonds is 1. The highest BCUT2D eigenvalue weighted by Gasteiger charge is 2.11. The van der Waals surface area contributed by atoms with E-state index in [9.17, 15) is 0 Å². The van der Waals surface area contributed by atoms with Crippen molar-refractivity contribution in [2.75, 3.05) is 0 Å². The first-order valence-corrected chi connectivity index (χ1v) is 6.15. The van der Waals surface area contributed by atoms with E-state index in [0.717, 1.165) is 22.9 Å². The number of benzene rings is 1. The number of hydrogen-bond donors (Lipinski definition) is 0. The Bertz CT molecular complexity index is 796. The average molecular weight is 253 g/mol. The molecule has 19 heavy (non-hydrogen) atoms. The van der Waals surface area contributed by atoms with Gasteiger partial charge in [0.25, 0.3) is 5.65 Å². The molecule has 0 spiro atoms. The van der Waals surface area contributed by atoms with Gasteiger partial charge >= 0.3 is 0 Å². The molecule has 0 unspecified atom stereocenters. The van der Waals surface area contributed by atoms with Gasteiger partial charge in [0, 0.05) is 12.6 Å². The standard InChI is InChI=1S/C14H15N5/c1-10-9-13-18(3)17-14(19(13)11(2)15-10)16-12-7-5-4-6-8-12/h4-9H,1-3H3. The minimum Gasteiger partial charge on any atom is -0.323 e. The minimum absolute atomic E-state index is 0.647. The lowest BCUT2D eigenvalue weighted by Gasteiger charge is -1.97. The second-order valence-corrected chi connectivity index (χ2v) is 4.51. The maximum atomic E-state index is 4.57. The molecule has 0 radical (unpaired) electrons. The molecule has 0 saturated heterocycles. The van der Waals surface area contributed by atoms with Crippen molar-refractivity contribution in [3.05, 3.63) is 53.5 Å². The summed E-state index contributed by atoms with van der Waals surface area (Å²) in [5, 5.41) is 4.46. The third-order valence-electron chi connectivity index (χ3n) is 2.99. The van der Waals surface area contributed by atoms with Crippen LogP contribution in [0.3, 0.4) is 0 Å². The van der Waals surface area contributed by atoms with Crippen LogP contribution in [0.1, 0.15) is 11.5 Å². The summed E-state index contributed by atoms with van der Waals surface area (Å²) in [6.07, 6.45) is 0. The van der Waals surface area contributed by atoms with Gasteiger partial charge in [0.2, 0.25) is 5.62 Å². The van der Waals surface area contributed by atoms with Gasteiger partial charge < -0.3 is 4.99 Å². The highest BCUT2D eigenvalue weighted by Crippen LogP contribution is 2.08. The van der Waals surface area contributed by atoms with Gasteiger partial charge in [-0.3, -0.25) is 0 Å². The maximum absolute atomic E-state index is 4.57. The lowest BCUT2D eigenvalue weighted by molar-refractivity contribution is -0.710. The summed E-state index contributed by atoms with van der Waals surface area (Å²) in [4.78, 5) is 9.04. The van der Waals surface area contributed by atoms with Crippen molar-refractivity contribution in [3.8, 4) is 0 Å². The van der Waals surface area contributed by atoms with Crippen molar-refractivity contribution in [2.24, 2.45) is 12.0 Å². The largest absolute Gasteiger partial charge is 0.323 e. The molecule has 0 N–H and O–H groups in total. The van der Waals surface area contributed by atoms with Gasteiger partial charge in [-0.2, -0.15) is 14.2 Å².